The molecule has 0 spiro atoms. The number of methoxy groups -OCH3 is 1. The first-order valence-corrected chi connectivity index (χ1v) is 28.3. The monoisotopic (exact) mass is 1130 g/mol. The molecule has 2 bridgehead atoms. The fourth-order valence-electron chi connectivity index (χ4n) is 11.7. The Morgan fingerprint density at radius 2 is 1.46 bits per heavy atom. The number of carbonyl (C=O) groups is 7. The number of rotatable bonds is 24. The van der Waals surface area contributed by atoms with Crippen molar-refractivity contribution in [2.75, 3.05) is 13.7 Å². The molecule has 81 heavy (non-hydrogen) atoms. The molecule has 1 heterocycles. The summed E-state index contributed by atoms with van der Waals surface area (Å²) in [5, 5.41) is 29.0. The zero-order valence-corrected chi connectivity index (χ0v) is 49.4. The number of nitrogens with one attached hydrogen (secondary N) is 1. The lowest BCUT2D eigenvalue weighted by atomic mass is 9.44. The van der Waals surface area contributed by atoms with Crippen molar-refractivity contribution in [3.05, 3.63) is 108 Å². The molecule has 3 aliphatic carbocycles. The standard InChI is InChI=1S/C63H87NO17/c1-13-14-15-16-17-18-19-20-21-22-23-24-25-26-27-28-32-35-48(67)77-50(44(36-40(2)3)64-57(71)81-59(6,7)8)56(70)76-45-38-63(73)54(79-55(69)43-33-30-29-31-34-43)52-61(11,46(66)37-47-62(52,39-75-47)80-42(5)65)53(68)51(78-58(72)74-12)49(41(45)4)60(63,9)10/h14-15,17-18,20-21,23-24,26-27,29-31,33-34,40,44-47,50-52,54,66,73H,13,16,19,22,25,28,32,35-39H2,1-12H3,(H,64,71)/b15-14-,18-17-,21-20-,24-23-,27-26-/t44-,45-,46-,47+,50+,51+,52?,54-,61+,62-,63+/m0/s1. The molecule has 0 radical (unpaired) electrons. The van der Waals surface area contributed by atoms with Crippen molar-refractivity contribution in [3.63, 3.8) is 0 Å². The van der Waals surface area contributed by atoms with E-state index in [-0.39, 0.29) is 48.5 Å². The Balaban J connectivity index is 1.54. The molecular weight excluding hydrogens is 1040 g/mol. The lowest BCUT2D eigenvalue weighted by Crippen LogP contribution is -2.82. The molecule has 11 atom stereocenters. The lowest BCUT2D eigenvalue weighted by molar-refractivity contribution is -0.346. The Bertz CT molecular complexity index is 2570. The van der Waals surface area contributed by atoms with Crippen molar-refractivity contribution in [2.45, 2.75) is 206 Å². The highest BCUT2D eigenvalue weighted by molar-refractivity contribution is 5.95. The Hall–Kier alpha value is -6.37. The molecule has 1 unspecified atom stereocenters. The molecule has 1 aromatic carbocycles. The number of fused-ring (bicyclic) bond motifs is 5. The van der Waals surface area contributed by atoms with Gasteiger partial charge in [0.1, 0.15) is 29.5 Å². The molecule has 446 valence electrons. The Labute approximate surface area is 477 Å². The summed E-state index contributed by atoms with van der Waals surface area (Å²) in [7, 11) is 1.03. The Morgan fingerprint density at radius 1 is 0.864 bits per heavy atom. The number of aliphatic hydroxyl groups excluding tert-OH is 1. The number of hydrogen-bond acceptors (Lipinski definition) is 17. The number of benzene rings is 1. The van der Waals surface area contributed by atoms with Gasteiger partial charge in [-0.2, -0.15) is 0 Å². The fraction of sp³-hybridized carbons (Fsp3) is 0.603. The topological polar surface area (TPSA) is 246 Å². The number of esters is 4. The minimum atomic E-state index is -2.48. The van der Waals surface area contributed by atoms with Crippen LogP contribution in [0, 0.1) is 22.7 Å². The van der Waals surface area contributed by atoms with Crippen LogP contribution in [-0.4, -0.2) is 125 Å². The van der Waals surface area contributed by atoms with Crippen LogP contribution < -0.4 is 5.32 Å². The number of ether oxygens (including phenoxy) is 8. The van der Waals surface area contributed by atoms with E-state index in [1.54, 1.807) is 39.0 Å². The van der Waals surface area contributed by atoms with Crippen molar-refractivity contribution in [2.24, 2.45) is 22.7 Å². The van der Waals surface area contributed by atoms with E-state index in [0.29, 0.717) is 19.3 Å². The van der Waals surface area contributed by atoms with Crippen molar-refractivity contribution in [1.82, 2.24) is 5.32 Å². The van der Waals surface area contributed by atoms with E-state index in [1.165, 1.54) is 39.8 Å². The van der Waals surface area contributed by atoms with E-state index in [2.05, 4.69) is 60.8 Å². The van der Waals surface area contributed by atoms with Crippen LogP contribution in [0.3, 0.4) is 0 Å². The van der Waals surface area contributed by atoms with Gasteiger partial charge in [-0.15, -0.1) is 0 Å². The van der Waals surface area contributed by atoms with E-state index < -0.39 is 125 Å². The minimum Gasteiger partial charge on any atom is -0.455 e. The van der Waals surface area contributed by atoms with Gasteiger partial charge in [-0.3, -0.25) is 14.4 Å². The summed E-state index contributed by atoms with van der Waals surface area (Å²) in [5.41, 5.74) is -9.11. The molecule has 0 aromatic heterocycles. The average Bonchev–Trinajstić information content (AvgIpc) is 2.93. The zero-order chi connectivity index (χ0) is 59.9. The highest BCUT2D eigenvalue weighted by Gasteiger charge is 2.78. The van der Waals surface area contributed by atoms with Crippen LogP contribution in [-0.2, 0) is 57.1 Å². The van der Waals surface area contributed by atoms with E-state index >= 15 is 9.59 Å². The second-order valence-electron chi connectivity index (χ2n) is 23.5. The van der Waals surface area contributed by atoms with Gasteiger partial charge >= 0.3 is 36.1 Å². The van der Waals surface area contributed by atoms with Gasteiger partial charge in [-0.05, 0) is 115 Å². The summed E-state index contributed by atoms with van der Waals surface area (Å²) in [6.45, 7) is 17.5. The van der Waals surface area contributed by atoms with Crippen LogP contribution in [0.25, 0.3) is 0 Å². The Kier molecular flexibility index (Phi) is 23.1. The first-order chi connectivity index (χ1) is 38.2. The minimum absolute atomic E-state index is 0.0436. The number of alkyl carbamates (subject to hydrolysis) is 1. The average molecular weight is 1130 g/mol. The maximum absolute atomic E-state index is 15.8. The third-order valence-corrected chi connectivity index (χ3v) is 15.7. The normalized spacial score (nSPS) is 27.9. The number of allylic oxidation sites excluding steroid dienone is 10. The van der Waals surface area contributed by atoms with Crippen molar-refractivity contribution in [3.8, 4) is 0 Å². The van der Waals surface area contributed by atoms with E-state index in [0.717, 1.165) is 39.7 Å². The number of aliphatic hydroxyl groups is 2. The molecule has 3 N–H and O–H groups in total. The second-order valence-corrected chi connectivity index (χ2v) is 23.5. The summed E-state index contributed by atoms with van der Waals surface area (Å²) in [5.74, 6) is -6.48. The van der Waals surface area contributed by atoms with E-state index in [9.17, 15) is 34.2 Å². The molecule has 5 rings (SSSR count). The van der Waals surface area contributed by atoms with Crippen LogP contribution in [0.15, 0.2) is 102 Å². The fourth-order valence-corrected chi connectivity index (χ4v) is 11.7. The predicted octanol–water partition coefficient (Wildman–Crippen LogP) is 10.2. The number of Topliss-reactive ketones (excluding diaryl/α,β-unsaturated/α-hetero) is 1. The van der Waals surface area contributed by atoms with Gasteiger partial charge in [0.25, 0.3) is 0 Å². The van der Waals surface area contributed by atoms with Gasteiger partial charge in [-0.1, -0.05) is 114 Å². The molecule has 1 saturated heterocycles. The van der Waals surface area contributed by atoms with Crippen molar-refractivity contribution < 1.29 is 81.7 Å². The first kappa shape index (κ1) is 65.4. The van der Waals surface area contributed by atoms with Crippen LogP contribution in [0.1, 0.15) is 157 Å². The maximum Gasteiger partial charge on any atom is 0.509 e. The van der Waals surface area contributed by atoms with Gasteiger partial charge in [-0.25, -0.2) is 19.2 Å². The first-order valence-electron chi connectivity index (χ1n) is 28.3. The summed E-state index contributed by atoms with van der Waals surface area (Å²) in [4.78, 5) is 99.5. The highest BCUT2D eigenvalue weighted by Crippen LogP contribution is 2.64. The van der Waals surface area contributed by atoms with Crippen LogP contribution >= 0.6 is 0 Å². The van der Waals surface area contributed by atoms with Crippen LogP contribution in [0.5, 0.6) is 0 Å². The molecule has 4 aliphatic rings. The van der Waals surface area contributed by atoms with Crippen molar-refractivity contribution in [1.29, 1.82) is 0 Å². The number of amides is 1. The van der Waals surface area contributed by atoms with Gasteiger partial charge in [0, 0.05) is 31.6 Å². The molecule has 18 heteroatoms. The number of carbonyl (C=O) groups excluding carboxylic acids is 7. The van der Waals surface area contributed by atoms with Crippen molar-refractivity contribution >= 4 is 41.9 Å². The quantitative estimate of drug-likeness (QED) is 0.0377. The SMILES string of the molecule is CC/C=C\C/C=C\C/C=C\C/C=C\C/C=C\CCCC(=O)O[C@@H](C(=O)O[C@H]1C[C@@]2(O)[C@@H](OC(=O)c3ccccc3)C3[C@](C)(C(=O)[C@H](OC(=O)OC)C(=C1C)C2(C)C)[C@@H](O)C[C@H]1OC[C@@]31OC(C)=O)[C@H](CC(C)C)NC(=O)OC(C)(C)C. The summed E-state index contributed by atoms with van der Waals surface area (Å²) < 4.78 is 47.4. The zero-order valence-electron chi connectivity index (χ0n) is 49.4. The summed E-state index contributed by atoms with van der Waals surface area (Å²) in [6, 6.07) is 6.58. The third-order valence-electron chi connectivity index (χ3n) is 15.7. The number of hydrogen-bond donors (Lipinski definition) is 3. The summed E-state index contributed by atoms with van der Waals surface area (Å²) >= 11 is 0. The highest BCUT2D eigenvalue weighted by atomic mass is 16.7. The number of unbranched alkanes of at least 4 members (excludes halogenated alkanes) is 1. The lowest BCUT2D eigenvalue weighted by Gasteiger charge is -2.67. The number of ketones is 1. The predicted molar refractivity (Wildman–Crippen MR) is 301 cm³/mol. The second kappa shape index (κ2) is 28.6. The molecule has 2 saturated carbocycles. The smallest absolute Gasteiger partial charge is 0.455 e. The van der Waals surface area contributed by atoms with Gasteiger partial charge in [0.05, 0.1) is 42.8 Å². The van der Waals surface area contributed by atoms with Crippen LogP contribution in [0.4, 0.5) is 9.59 Å². The molecule has 3 fully saturated rings. The largest absolute Gasteiger partial charge is 0.509 e. The van der Waals surface area contributed by atoms with Gasteiger partial charge < -0.3 is 53.4 Å². The molecule has 18 nitrogen and oxygen atoms in total. The van der Waals surface area contributed by atoms with Crippen LogP contribution in [0.2, 0.25) is 0 Å². The molecule has 1 amide bonds. The van der Waals surface area contributed by atoms with E-state index in [1.807, 2.05) is 26.0 Å². The Morgan fingerprint density at radius 3 is 1.99 bits per heavy atom. The van der Waals surface area contributed by atoms with E-state index in [4.69, 9.17) is 37.9 Å². The van der Waals surface area contributed by atoms with Gasteiger partial charge in [0.2, 0.25) is 6.10 Å². The third kappa shape index (κ3) is 15.8. The molecule has 1 aliphatic heterocycles. The van der Waals surface area contributed by atoms with Gasteiger partial charge in [0.15, 0.2) is 17.5 Å². The molecular formula is C63H87NO17. The summed E-state index contributed by atoms with van der Waals surface area (Å²) in [6.07, 6.45) is 13.0. The maximum atomic E-state index is 15.8. The molecule has 1 aromatic rings.